The van der Waals surface area contributed by atoms with Crippen LogP contribution >= 0.6 is 0 Å². The zero-order valence-electron chi connectivity index (χ0n) is 14.4. The highest BCUT2D eigenvalue weighted by atomic mass is 16.4. The van der Waals surface area contributed by atoms with E-state index in [9.17, 15) is 9.59 Å². The molecule has 0 aromatic heterocycles. The molecule has 0 unspecified atom stereocenters. The van der Waals surface area contributed by atoms with Gasteiger partial charge >= 0.3 is 5.97 Å². The predicted molar refractivity (Wildman–Crippen MR) is 101 cm³/mol. The molecule has 0 aliphatic heterocycles. The average Bonchev–Trinajstić information content (AvgIpc) is 2.61. The largest absolute Gasteiger partial charge is 0.478 e. The SMILES string of the molecule is CCCCCc1ccc(/C=C/C(=O)c2cccc(C(=O)O)c2N)cc1. The summed E-state index contributed by atoms with van der Waals surface area (Å²) in [6.45, 7) is 2.18. The van der Waals surface area contributed by atoms with Crippen LogP contribution in [0, 0.1) is 0 Å². The Kier molecular flexibility index (Phi) is 6.52. The molecule has 2 aromatic rings. The second kappa shape index (κ2) is 8.83. The van der Waals surface area contributed by atoms with Crippen LogP contribution < -0.4 is 5.73 Å². The summed E-state index contributed by atoms with van der Waals surface area (Å²) < 4.78 is 0. The molecule has 0 atom stereocenters. The van der Waals surface area contributed by atoms with Crippen molar-refractivity contribution in [1.29, 1.82) is 0 Å². The molecule has 25 heavy (non-hydrogen) atoms. The number of nitrogen functional groups attached to an aromatic ring is 1. The van der Waals surface area contributed by atoms with Crippen molar-refractivity contribution in [3.63, 3.8) is 0 Å². The maximum atomic E-state index is 12.3. The summed E-state index contributed by atoms with van der Waals surface area (Å²) in [5.74, 6) is -1.46. The molecule has 2 rings (SSSR count). The molecule has 0 heterocycles. The number of anilines is 1. The minimum atomic E-state index is -1.14. The van der Waals surface area contributed by atoms with E-state index in [1.165, 1.54) is 49.1 Å². The fourth-order valence-corrected chi connectivity index (χ4v) is 2.60. The standard InChI is InChI=1S/C21H23NO3/c1-2-3-4-6-15-9-11-16(12-10-15)13-14-19(23)17-7-5-8-18(20(17)22)21(24)25/h5,7-14H,2-4,6,22H2,1H3,(H,24,25)/b14-13+. The Balaban J connectivity index is 2.08. The second-order valence-electron chi connectivity index (χ2n) is 5.97. The molecule has 0 aliphatic rings. The number of carbonyl (C=O) groups is 2. The van der Waals surface area contributed by atoms with Crippen molar-refractivity contribution in [3.8, 4) is 0 Å². The molecule has 0 spiro atoms. The number of unbranched alkanes of at least 4 members (excludes halogenated alkanes) is 2. The van der Waals surface area contributed by atoms with E-state index in [0.717, 1.165) is 12.0 Å². The molecule has 0 amide bonds. The number of nitrogens with two attached hydrogens (primary N) is 1. The molecule has 0 bridgehead atoms. The highest BCUT2D eigenvalue weighted by molar-refractivity contribution is 6.12. The first-order valence-electron chi connectivity index (χ1n) is 8.46. The van der Waals surface area contributed by atoms with Gasteiger partial charge in [0.05, 0.1) is 11.3 Å². The molecule has 4 heteroatoms. The van der Waals surface area contributed by atoms with Gasteiger partial charge in [-0.1, -0.05) is 56.2 Å². The summed E-state index contributed by atoms with van der Waals surface area (Å²) in [6, 6.07) is 12.5. The van der Waals surface area contributed by atoms with Crippen LogP contribution in [0.2, 0.25) is 0 Å². The zero-order valence-corrected chi connectivity index (χ0v) is 14.4. The van der Waals surface area contributed by atoms with Gasteiger partial charge in [-0.2, -0.15) is 0 Å². The number of carbonyl (C=O) groups excluding carboxylic acids is 1. The van der Waals surface area contributed by atoms with Crippen LogP contribution in [0.4, 0.5) is 5.69 Å². The second-order valence-corrected chi connectivity index (χ2v) is 5.97. The summed E-state index contributed by atoms with van der Waals surface area (Å²) in [6.07, 6.45) is 7.81. The lowest BCUT2D eigenvalue weighted by Crippen LogP contribution is -2.08. The van der Waals surface area contributed by atoms with Crippen molar-refractivity contribution < 1.29 is 14.7 Å². The van der Waals surface area contributed by atoms with E-state index >= 15 is 0 Å². The normalized spacial score (nSPS) is 10.9. The van der Waals surface area contributed by atoms with Gasteiger partial charge in [0.15, 0.2) is 5.78 Å². The van der Waals surface area contributed by atoms with Gasteiger partial charge in [0.2, 0.25) is 0 Å². The Bertz CT molecular complexity index is 776. The number of hydrogen-bond acceptors (Lipinski definition) is 3. The van der Waals surface area contributed by atoms with Gasteiger partial charge in [0, 0.05) is 5.56 Å². The number of benzene rings is 2. The van der Waals surface area contributed by atoms with E-state index in [4.69, 9.17) is 10.8 Å². The summed E-state index contributed by atoms with van der Waals surface area (Å²) in [7, 11) is 0. The van der Waals surface area contributed by atoms with Crippen molar-refractivity contribution in [1.82, 2.24) is 0 Å². The molecule has 2 aromatic carbocycles. The molecular formula is C21H23NO3. The first kappa shape index (κ1) is 18.5. The minimum absolute atomic E-state index is 0.00378. The van der Waals surface area contributed by atoms with E-state index in [-0.39, 0.29) is 22.6 Å². The van der Waals surface area contributed by atoms with E-state index < -0.39 is 5.97 Å². The molecule has 0 radical (unpaired) electrons. The number of hydrogen-bond donors (Lipinski definition) is 2. The highest BCUT2D eigenvalue weighted by Gasteiger charge is 2.14. The van der Waals surface area contributed by atoms with Crippen LogP contribution in [0.3, 0.4) is 0 Å². The number of allylic oxidation sites excluding steroid dienone is 1. The first-order chi connectivity index (χ1) is 12.0. The minimum Gasteiger partial charge on any atom is -0.478 e. The average molecular weight is 337 g/mol. The van der Waals surface area contributed by atoms with Crippen molar-refractivity contribution >= 4 is 23.5 Å². The molecule has 0 saturated carbocycles. The highest BCUT2D eigenvalue weighted by Crippen LogP contribution is 2.19. The van der Waals surface area contributed by atoms with Crippen molar-refractivity contribution in [2.45, 2.75) is 32.6 Å². The number of para-hydroxylation sites is 1. The lowest BCUT2D eigenvalue weighted by Gasteiger charge is -2.05. The number of aromatic carboxylic acids is 1. The predicted octanol–water partition coefficient (Wildman–Crippen LogP) is 4.60. The van der Waals surface area contributed by atoms with Gasteiger partial charge in [-0.15, -0.1) is 0 Å². The molecule has 4 nitrogen and oxygen atoms in total. The Labute approximate surface area is 148 Å². The van der Waals surface area contributed by atoms with Gasteiger partial charge in [0.1, 0.15) is 0 Å². The van der Waals surface area contributed by atoms with Gasteiger partial charge in [-0.3, -0.25) is 4.79 Å². The Morgan fingerprint density at radius 3 is 2.36 bits per heavy atom. The first-order valence-corrected chi connectivity index (χ1v) is 8.46. The van der Waals surface area contributed by atoms with E-state index in [1.807, 2.05) is 12.1 Å². The van der Waals surface area contributed by atoms with E-state index in [1.54, 1.807) is 6.08 Å². The summed E-state index contributed by atoms with van der Waals surface area (Å²) >= 11 is 0. The molecule has 3 N–H and O–H groups in total. The fourth-order valence-electron chi connectivity index (χ4n) is 2.60. The van der Waals surface area contributed by atoms with Crippen LogP contribution in [0.1, 0.15) is 58.0 Å². The van der Waals surface area contributed by atoms with Crippen LogP contribution in [0.5, 0.6) is 0 Å². The summed E-state index contributed by atoms with van der Waals surface area (Å²) in [5, 5.41) is 9.07. The number of carboxylic acid groups (broad SMARTS) is 1. The Hall–Kier alpha value is -2.88. The quantitative estimate of drug-likeness (QED) is 0.319. The van der Waals surface area contributed by atoms with Gasteiger partial charge in [0.25, 0.3) is 0 Å². The van der Waals surface area contributed by atoms with Gasteiger partial charge in [-0.25, -0.2) is 4.79 Å². The van der Waals surface area contributed by atoms with Crippen LogP contribution in [-0.2, 0) is 6.42 Å². The third-order valence-electron chi connectivity index (χ3n) is 4.08. The maximum absolute atomic E-state index is 12.3. The topological polar surface area (TPSA) is 80.4 Å². The lowest BCUT2D eigenvalue weighted by atomic mass is 10.0. The summed E-state index contributed by atoms with van der Waals surface area (Å²) in [4.78, 5) is 23.4. The van der Waals surface area contributed by atoms with Crippen molar-refractivity contribution in [3.05, 3.63) is 70.8 Å². The Morgan fingerprint density at radius 2 is 1.72 bits per heavy atom. The van der Waals surface area contributed by atoms with Crippen LogP contribution in [-0.4, -0.2) is 16.9 Å². The maximum Gasteiger partial charge on any atom is 0.337 e. The van der Waals surface area contributed by atoms with Crippen molar-refractivity contribution in [2.24, 2.45) is 0 Å². The van der Waals surface area contributed by atoms with E-state index in [0.29, 0.717) is 0 Å². The number of aryl methyl sites for hydroxylation is 1. The monoisotopic (exact) mass is 337 g/mol. The zero-order chi connectivity index (χ0) is 18.2. The van der Waals surface area contributed by atoms with Gasteiger partial charge in [-0.05, 0) is 42.2 Å². The fraction of sp³-hybridized carbons (Fsp3) is 0.238. The molecular weight excluding hydrogens is 314 g/mol. The molecule has 0 fully saturated rings. The van der Waals surface area contributed by atoms with Crippen molar-refractivity contribution in [2.75, 3.05) is 5.73 Å². The summed E-state index contributed by atoms with van der Waals surface area (Å²) in [5.41, 5.74) is 8.14. The Morgan fingerprint density at radius 1 is 1.04 bits per heavy atom. The lowest BCUT2D eigenvalue weighted by molar-refractivity contribution is 0.0698. The smallest absolute Gasteiger partial charge is 0.337 e. The third-order valence-corrected chi connectivity index (χ3v) is 4.08. The molecule has 0 aliphatic carbocycles. The van der Waals surface area contributed by atoms with Crippen LogP contribution in [0.15, 0.2) is 48.5 Å². The number of ketones is 1. The number of carboxylic acids is 1. The van der Waals surface area contributed by atoms with Crippen LogP contribution in [0.25, 0.3) is 6.08 Å². The third kappa shape index (κ3) is 5.05. The molecule has 130 valence electrons. The number of rotatable bonds is 8. The molecule has 0 saturated heterocycles. The van der Waals surface area contributed by atoms with E-state index in [2.05, 4.69) is 19.1 Å². The van der Waals surface area contributed by atoms with Gasteiger partial charge < -0.3 is 10.8 Å².